The summed E-state index contributed by atoms with van der Waals surface area (Å²) in [6.07, 6.45) is 7.49. The van der Waals surface area contributed by atoms with Crippen LogP contribution in [0.25, 0.3) is 6.08 Å². The molecule has 1 aromatic heterocycles. The van der Waals surface area contributed by atoms with Crippen LogP contribution in [0.5, 0.6) is 0 Å². The van der Waals surface area contributed by atoms with E-state index in [2.05, 4.69) is 27.9 Å². The van der Waals surface area contributed by atoms with Crippen LogP contribution >= 0.6 is 0 Å². The molecule has 1 aliphatic rings. The van der Waals surface area contributed by atoms with E-state index in [4.69, 9.17) is 0 Å². The van der Waals surface area contributed by atoms with Crippen LogP contribution in [-0.4, -0.2) is 9.55 Å². The third kappa shape index (κ3) is 0.764. The Morgan fingerprint density at radius 3 is 3.30 bits per heavy atom. The predicted molar refractivity (Wildman–Crippen MR) is 40.6 cm³/mol. The maximum atomic E-state index is 4.33. The molecule has 1 aromatic rings. The van der Waals surface area contributed by atoms with Gasteiger partial charge in [0.2, 0.25) is 0 Å². The number of hydrogen-bond acceptors (Lipinski definition) is 1. The molecule has 0 fully saturated rings. The number of allylic oxidation sites excluding steroid dienone is 1. The molecule has 52 valence electrons. The highest BCUT2D eigenvalue weighted by Gasteiger charge is 2.03. The Hall–Kier alpha value is -1.05. The summed E-state index contributed by atoms with van der Waals surface area (Å²) in [6, 6.07) is 0. The van der Waals surface area contributed by atoms with Gasteiger partial charge in [0.1, 0.15) is 5.82 Å². The van der Waals surface area contributed by atoms with E-state index in [0.29, 0.717) is 0 Å². The maximum absolute atomic E-state index is 4.33. The summed E-state index contributed by atoms with van der Waals surface area (Å²) in [5.74, 6) is 1.10. The van der Waals surface area contributed by atoms with E-state index in [9.17, 15) is 0 Å². The van der Waals surface area contributed by atoms with Crippen LogP contribution in [0, 0.1) is 6.92 Å². The summed E-state index contributed by atoms with van der Waals surface area (Å²) in [5.41, 5.74) is 1.11. The molecule has 1 aliphatic heterocycles. The van der Waals surface area contributed by atoms with Gasteiger partial charge in [-0.25, -0.2) is 4.98 Å². The first kappa shape index (κ1) is 5.71. The SMILES string of the molecule is Cc1cn2c(n1)C=CCC2. The van der Waals surface area contributed by atoms with Crippen LogP contribution in [0.3, 0.4) is 0 Å². The van der Waals surface area contributed by atoms with Gasteiger partial charge in [-0.15, -0.1) is 0 Å². The van der Waals surface area contributed by atoms with Crippen molar-refractivity contribution in [2.24, 2.45) is 0 Å². The second kappa shape index (κ2) is 1.97. The van der Waals surface area contributed by atoms with E-state index in [0.717, 1.165) is 24.5 Å². The summed E-state index contributed by atoms with van der Waals surface area (Å²) in [5, 5.41) is 0. The third-order valence-electron chi connectivity index (χ3n) is 1.73. The minimum absolute atomic E-state index is 1.09. The first-order chi connectivity index (χ1) is 4.86. The van der Waals surface area contributed by atoms with Crippen LogP contribution in [0.4, 0.5) is 0 Å². The molecule has 10 heavy (non-hydrogen) atoms. The van der Waals surface area contributed by atoms with Gasteiger partial charge < -0.3 is 4.57 Å². The Kier molecular flexibility index (Phi) is 1.13. The van der Waals surface area contributed by atoms with Gasteiger partial charge >= 0.3 is 0 Å². The zero-order valence-corrected chi connectivity index (χ0v) is 6.04. The largest absolute Gasteiger partial charge is 0.331 e. The predicted octanol–water partition coefficient (Wildman–Crippen LogP) is 1.61. The zero-order chi connectivity index (χ0) is 6.97. The van der Waals surface area contributed by atoms with Crippen molar-refractivity contribution >= 4 is 6.08 Å². The third-order valence-corrected chi connectivity index (χ3v) is 1.73. The number of fused-ring (bicyclic) bond motifs is 1. The van der Waals surface area contributed by atoms with Gasteiger partial charge in [0.25, 0.3) is 0 Å². The van der Waals surface area contributed by atoms with Gasteiger partial charge in [-0.05, 0) is 19.4 Å². The first-order valence-electron chi connectivity index (χ1n) is 3.56. The quantitative estimate of drug-likeness (QED) is 0.527. The minimum atomic E-state index is 1.09. The van der Waals surface area contributed by atoms with E-state index in [1.807, 2.05) is 6.92 Å². The first-order valence-corrected chi connectivity index (χ1v) is 3.56. The van der Waals surface area contributed by atoms with Crippen molar-refractivity contribution in [3.05, 3.63) is 23.8 Å². The lowest BCUT2D eigenvalue weighted by Crippen LogP contribution is -2.01. The molecule has 0 spiro atoms. The summed E-state index contributed by atoms with van der Waals surface area (Å²) in [6.45, 7) is 3.12. The Morgan fingerprint density at radius 2 is 2.50 bits per heavy atom. The lowest BCUT2D eigenvalue weighted by molar-refractivity contribution is 0.689. The van der Waals surface area contributed by atoms with Crippen molar-refractivity contribution in [2.45, 2.75) is 19.9 Å². The van der Waals surface area contributed by atoms with Crippen LogP contribution in [-0.2, 0) is 6.54 Å². The van der Waals surface area contributed by atoms with Crippen LogP contribution < -0.4 is 0 Å². The number of hydrogen-bond donors (Lipinski definition) is 0. The fourth-order valence-electron chi connectivity index (χ4n) is 1.28. The van der Waals surface area contributed by atoms with Crippen molar-refractivity contribution < 1.29 is 0 Å². The fourth-order valence-corrected chi connectivity index (χ4v) is 1.28. The molecule has 0 unspecified atom stereocenters. The van der Waals surface area contributed by atoms with Crippen molar-refractivity contribution in [3.8, 4) is 0 Å². The monoisotopic (exact) mass is 134 g/mol. The maximum Gasteiger partial charge on any atom is 0.132 e. The average molecular weight is 134 g/mol. The lowest BCUT2D eigenvalue weighted by Gasteiger charge is -2.05. The summed E-state index contributed by atoms with van der Waals surface area (Å²) in [4.78, 5) is 4.33. The second-order valence-electron chi connectivity index (χ2n) is 2.62. The Labute approximate surface area is 60.2 Å². The topological polar surface area (TPSA) is 17.8 Å². The Bertz CT molecular complexity index is 271. The highest BCUT2D eigenvalue weighted by atomic mass is 15.1. The van der Waals surface area contributed by atoms with E-state index in [-0.39, 0.29) is 0 Å². The lowest BCUT2D eigenvalue weighted by atomic mass is 10.3. The molecule has 0 atom stereocenters. The standard InChI is InChI=1S/C8H10N2/c1-7-6-10-5-3-2-4-8(10)9-7/h2,4,6H,3,5H2,1H3. The average Bonchev–Trinajstić information content (AvgIpc) is 2.27. The molecule has 0 aromatic carbocycles. The highest BCUT2D eigenvalue weighted by Crippen LogP contribution is 2.10. The van der Waals surface area contributed by atoms with E-state index in [1.165, 1.54) is 0 Å². The van der Waals surface area contributed by atoms with E-state index < -0.39 is 0 Å². The summed E-state index contributed by atoms with van der Waals surface area (Å²) >= 11 is 0. The molecule has 0 saturated heterocycles. The van der Waals surface area contributed by atoms with Gasteiger partial charge in [-0.2, -0.15) is 0 Å². The summed E-state index contributed by atoms with van der Waals surface area (Å²) in [7, 11) is 0. The molecule has 0 radical (unpaired) electrons. The highest BCUT2D eigenvalue weighted by molar-refractivity contribution is 5.42. The summed E-state index contributed by atoms with van der Waals surface area (Å²) < 4.78 is 2.19. The molecule has 0 aliphatic carbocycles. The zero-order valence-electron chi connectivity index (χ0n) is 6.04. The van der Waals surface area contributed by atoms with Gasteiger partial charge in [-0.3, -0.25) is 0 Å². The van der Waals surface area contributed by atoms with Crippen LogP contribution in [0.2, 0.25) is 0 Å². The van der Waals surface area contributed by atoms with E-state index in [1.54, 1.807) is 0 Å². The molecule has 2 heteroatoms. The van der Waals surface area contributed by atoms with Crippen molar-refractivity contribution in [2.75, 3.05) is 0 Å². The number of aryl methyl sites for hydroxylation is 2. The van der Waals surface area contributed by atoms with Gasteiger partial charge in [0.05, 0.1) is 5.69 Å². The molecule has 2 nitrogen and oxygen atoms in total. The Balaban J connectivity index is 2.53. The van der Waals surface area contributed by atoms with Crippen molar-refractivity contribution in [1.82, 2.24) is 9.55 Å². The molecule has 0 N–H and O–H groups in total. The van der Waals surface area contributed by atoms with Gasteiger partial charge in [0, 0.05) is 12.7 Å². The molecule has 0 amide bonds. The minimum Gasteiger partial charge on any atom is -0.331 e. The molecular weight excluding hydrogens is 124 g/mol. The number of aromatic nitrogens is 2. The van der Waals surface area contributed by atoms with Crippen LogP contribution in [0.15, 0.2) is 12.3 Å². The second-order valence-corrected chi connectivity index (χ2v) is 2.62. The van der Waals surface area contributed by atoms with Crippen LogP contribution in [0.1, 0.15) is 17.9 Å². The van der Waals surface area contributed by atoms with E-state index >= 15 is 0 Å². The van der Waals surface area contributed by atoms with Gasteiger partial charge in [0.15, 0.2) is 0 Å². The number of nitrogens with zero attached hydrogens (tertiary/aromatic N) is 2. The number of imidazole rings is 1. The number of rotatable bonds is 0. The molecule has 2 heterocycles. The molecule has 2 rings (SSSR count). The fraction of sp³-hybridized carbons (Fsp3) is 0.375. The van der Waals surface area contributed by atoms with Gasteiger partial charge in [-0.1, -0.05) is 6.08 Å². The smallest absolute Gasteiger partial charge is 0.132 e. The molecule has 0 bridgehead atoms. The van der Waals surface area contributed by atoms with Crippen molar-refractivity contribution in [1.29, 1.82) is 0 Å². The van der Waals surface area contributed by atoms with Crippen molar-refractivity contribution in [3.63, 3.8) is 0 Å². The molecule has 0 saturated carbocycles. The normalized spacial score (nSPS) is 15.3. The Morgan fingerprint density at radius 1 is 1.60 bits per heavy atom. The molecular formula is C8H10N2.